The Balaban J connectivity index is 2.52. The molecule has 0 saturated carbocycles. The minimum atomic E-state index is -1.20. The fraction of sp³-hybridized carbons (Fsp3) is 0.235. The van der Waals surface area contributed by atoms with E-state index in [9.17, 15) is 5.11 Å². The number of allylic oxidation sites excluding steroid dienone is 1. The third-order valence-corrected chi connectivity index (χ3v) is 4.40. The van der Waals surface area contributed by atoms with Gasteiger partial charge in [-0.2, -0.15) is 0 Å². The van der Waals surface area contributed by atoms with Crippen molar-refractivity contribution in [3.8, 4) is 0 Å². The summed E-state index contributed by atoms with van der Waals surface area (Å²) in [6.45, 7) is 5.47. The second-order valence-corrected chi connectivity index (χ2v) is 6.71. The van der Waals surface area contributed by atoms with Crippen LogP contribution in [0.2, 0.25) is 10.0 Å². The van der Waals surface area contributed by atoms with E-state index in [1.54, 1.807) is 43.6 Å². The molecule has 0 fully saturated rings. The molecule has 116 valence electrons. The van der Waals surface area contributed by atoms with E-state index in [-0.39, 0.29) is 5.92 Å². The molecule has 0 aliphatic heterocycles. The highest BCUT2D eigenvalue weighted by Crippen LogP contribution is 2.43. The average Bonchev–Trinajstić information content (AvgIpc) is 2.46. The molecule has 0 aliphatic rings. The van der Waals surface area contributed by atoms with Gasteiger partial charge in [0.05, 0.1) is 5.60 Å². The first-order valence-electron chi connectivity index (χ1n) is 6.73. The topological polar surface area (TPSA) is 33.1 Å². The van der Waals surface area contributed by atoms with Gasteiger partial charge in [0.1, 0.15) is 0 Å². The van der Waals surface area contributed by atoms with Crippen molar-refractivity contribution >= 4 is 34.8 Å². The minimum Gasteiger partial charge on any atom is -0.385 e. The maximum Gasteiger partial charge on any atom is 0.0955 e. The maximum absolute atomic E-state index is 11.1. The van der Waals surface area contributed by atoms with Gasteiger partial charge in [-0.1, -0.05) is 53.5 Å². The molecule has 1 heterocycles. The lowest BCUT2D eigenvalue weighted by Gasteiger charge is -2.34. The van der Waals surface area contributed by atoms with Gasteiger partial charge in [-0.15, -0.1) is 0 Å². The normalized spacial score (nSPS) is 15.1. The van der Waals surface area contributed by atoms with Crippen molar-refractivity contribution in [3.05, 3.63) is 75.5 Å². The Labute approximate surface area is 145 Å². The van der Waals surface area contributed by atoms with Crippen LogP contribution in [0.3, 0.4) is 0 Å². The molecule has 22 heavy (non-hydrogen) atoms. The van der Waals surface area contributed by atoms with Gasteiger partial charge in [0.15, 0.2) is 0 Å². The molecule has 0 radical (unpaired) electrons. The Bertz CT molecular complexity index is 671. The second kappa shape index (κ2) is 7.01. The van der Waals surface area contributed by atoms with E-state index in [0.717, 1.165) is 5.56 Å². The van der Waals surface area contributed by atoms with Crippen LogP contribution in [0.4, 0.5) is 0 Å². The molecule has 1 N–H and O–H groups in total. The molecule has 2 rings (SSSR count). The molecule has 1 aromatic carbocycles. The minimum absolute atomic E-state index is 0.369. The summed E-state index contributed by atoms with van der Waals surface area (Å²) in [6, 6.07) is 8.80. The number of hydrogen-bond acceptors (Lipinski definition) is 2. The van der Waals surface area contributed by atoms with E-state index >= 15 is 0 Å². The smallest absolute Gasteiger partial charge is 0.0955 e. The summed E-state index contributed by atoms with van der Waals surface area (Å²) in [4.78, 5) is 4.07. The van der Waals surface area contributed by atoms with E-state index in [0.29, 0.717) is 27.1 Å². The highest BCUT2D eigenvalue weighted by molar-refractivity contribution is 6.35. The van der Waals surface area contributed by atoms with Crippen molar-refractivity contribution in [1.29, 1.82) is 0 Å². The zero-order valence-corrected chi connectivity index (χ0v) is 14.3. The lowest BCUT2D eigenvalue weighted by Crippen LogP contribution is -2.30. The Morgan fingerprint density at radius 1 is 1.36 bits per heavy atom. The van der Waals surface area contributed by atoms with Gasteiger partial charge in [0, 0.05) is 39.0 Å². The van der Waals surface area contributed by atoms with E-state index in [2.05, 4.69) is 11.6 Å². The Kier molecular flexibility index (Phi) is 5.51. The Morgan fingerprint density at radius 2 is 2.09 bits per heavy atom. The second-order valence-electron chi connectivity index (χ2n) is 5.33. The fourth-order valence-corrected chi connectivity index (χ4v) is 3.17. The predicted octanol–water partition coefficient (Wildman–Crippen LogP) is 5.52. The zero-order valence-electron chi connectivity index (χ0n) is 12.1. The number of hydrogen-bond donors (Lipinski definition) is 1. The molecule has 2 atom stereocenters. The van der Waals surface area contributed by atoms with Crippen LogP contribution < -0.4 is 0 Å². The SMILES string of the molecule is C=C(Cl)CC(c1ccc(Cl)cc1Cl)C(C)(O)c1cccnc1. The van der Waals surface area contributed by atoms with E-state index in [1.165, 1.54) is 0 Å². The number of rotatable bonds is 5. The van der Waals surface area contributed by atoms with Crippen LogP contribution in [0, 0.1) is 0 Å². The summed E-state index contributed by atoms with van der Waals surface area (Å²) in [7, 11) is 0. The highest BCUT2D eigenvalue weighted by Gasteiger charge is 2.36. The first-order chi connectivity index (χ1) is 10.3. The van der Waals surface area contributed by atoms with Gasteiger partial charge in [0.25, 0.3) is 0 Å². The van der Waals surface area contributed by atoms with Gasteiger partial charge in [-0.05, 0) is 37.1 Å². The summed E-state index contributed by atoms with van der Waals surface area (Å²) in [5.41, 5.74) is 0.245. The lowest BCUT2D eigenvalue weighted by atomic mass is 9.77. The number of halogens is 3. The van der Waals surface area contributed by atoms with Crippen molar-refractivity contribution in [2.45, 2.75) is 24.9 Å². The van der Waals surface area contributed by atoms with Crippen molar-refractivity contribution in [2.24, 2.45) is 0 Å². The van der Waals surface area contributed by atoms with Gasteiger partial charge < -0.3 is 5.11 Å². The monoisotopic (exact) mass is 355 g/mol. The molecule has 5 heteroatoms. The largest absolute Gasteiger partial charge is 0.385 e. The molecule has 0 saturated heterocycles. The zero-order chi connectivity index (χ0) is 16.3. The number of nitrogens with zero attached hydrogens (tertiary/aromatic N) is 1. The third kappa shape index (κ3) is 3.82. The molecule has 0 aliphatic carbocycles. The van der Waals surface area contributed by atoms with Gasteiger partial charge in [0.2, 0.25) is 0 Å². The molecule has 2 aromatic rings. The van der Waals surface area contributed by atoms with E-state index in [4.69, 9.17) is 34.8 Å². The summed E-state index contributed by atoms with van der Waals surface area (Å²) < 4.78 is 0. The van der Waals surface area contributed by atoms with Crippen LogP contribution in [-0.2, 0) is 5.60 Å². The highest BCUT2D eigenvalue weighted by atomic mass is 35.5. The Hall–Kier alpha value is -1.06. The van der Waals surface area contributed by atoms with Crippen LogP contribution >= 0.6 is 34.8 Å². The maximum atomic E-state index is 11.1. The quantitative estimate of drug-likeness (QED) is 0.765. The van der Waals surface area contributed by atoms with Crippen LogP contribution in [0.1, 0.15) is 30.4 Å². The van der Waals surface area contributed by atoms with Crippen LogP contribution in [-0.4, -0.2) is 10.1 Å². The lowest BCUT2D eigenvalue weighted by molar-refractivity contribution is 0.0265. The van der Waals surface area contributed by atoms with Crippen molar-refractivity contribution in [2.75, 3.05) is 0 Å². The van der Waals surface area contributed by atoms with Crippen molar-refractivity contribution in [3.63, 3.8) is 0 Å². The standard InChI is InChI=1S/C17H16Cl3NO/c1-11(18)8-15(14-6-5-13(19)9-16(14)20)17(2,22)12-4-3-7-21-10-12/h3-7,9-10,15,22H,1,8H2,2H3. The first kappa shape index (κ1) is 17.3. The van der Waals surface area contributed by atoms with Crippen LogP contribution in [0.15, 0.2) is 54.3 Å². The molecule has 0 spiro atoms. The summed E-state index contributed by atoms with van der Waals surface area (Å²) >= 11 is 18.3. The van der Waals surface area contributed by atoms with E-state index < -0.39 is 5.60 Å². The van der Waals surface area contributed by atoms with Gasteiger partial charge in [-0.3, -0.25) is 4.98 Å². The molecule has 1 aromatic heterocycles. The van der Waals surface area contributed by atoms with Gasteiger partial charge >= 0.3 is 0 Å². The molecule has 2 nitrogen and oxygen atoms in total. The predicted molar refractivity (Wildman–Crippen MR) is 92.6 cm³/mol. The molecule has 0 amide bonds. The Morgan fingerprint density at radius 3 is 2.64 bits per heavy atom. The molecule has 2 unspecified atom stereocenters. The van der Waals surface area contributed by atoms with Gasteiger partial charge in [-0.25, -0.2) is 0 Å². The number of pyridine rings is 1. The molecule has 0 bridgehead atoms. The average molecular weight is 357 g/mol. The van der Waals surface area contributed by atoms with Crippen LogP contribution in [0.25, 0.3) is 0 Å². The number of aromatic nitrogens is 1. The summed E-state index contributed by atoms with van der Waals surface area (Å²) in [5.74, 6) is -0.369. The summed E-state index contributed by atoms with van der Waals surface area (Å²) in [5, 5.41) is 12.6. The van der Waals surface area contributed by atoms with E-state index in [1.807, 2.05) is 6.07 Å². The van der Waals surface area contributed by atoms with Crippen LogP contribution in [0.5, 0.6) is 0 Å². The first-order valence-corrected chi connectivity index (χ1v) is 7.87. The molecular weight excluding hydrogens is 341 g/mol. The van der Waals surface area contributed by atoms with Crippen molar-refractivity contribution in [1.82, 2.24) is 4.98 Å². The fourth-order valence-electron chi connectivity index (χ4n) is 2.48. The van der Waals surface area contributed by atoms with Crippen molar-refractivity contribution < 1.29 is 5.11 Å². The number of benzene rings is 1. The number of aliphatic hydroxyl groups is 1. The third-order valence-electron chi connectivity index (χ3n) is 3.69. The molecular formula is C17H16Cl3NO. The summed E-state index contributed by atoms with van der Waals surface area (Å²) in [6.07, 6.45) is 3.67.